The minimum absolute atomic E-state index is 0.250. The third kappa shape index (κ3) is 10.4. The lowest BCUT2D eigenvalue weighted by atomic mass is 9.98. The van der Waals surface area contributed by atoms with Crippen molar-refractivity contribution in [1.29, 1.82) is 0 Å². The van der Waals surface area contributed by atoms with E-state index in [-0.39, 0.29) is 6.61 Å². The molecule has 10 heavy (non-hydrogen) atoms. The first-order valence-electron chi connectivity index (χ1n) is 3.20. The maximum atomic E-state index is 10.0. The maximum Gasteiger partial charge on any atom is 0.308 e. The summed E-state index contributed by atoms with van der Waals surface area (Å²) in [7, 11) is 0. The van der Waals surface area contributed by atoms with Crippen LogP contribution in [0.25, 0.3) is 0 Å². The lowest BCUT2D eigenvalue weighted by Gasteiger charge is -2.08. The van der Waals surface area contributed by atoms with E-state index in [9.17, 15) is 4.79 Å². The highest BCUT2D eigenvalue weighted by atomic mass is 16.4. The summed E-state index contributed by atoms with van der Waals surface area (Å²) in [4.78, 5) is 10.0. The fourth-order valence-corrected chi connectivity index (χ4v) is 0. The lowest BCUT2D eigenvalue weighted by Crippen LogP contribution is -2.18. The van der Waals surface area contributed by atoms with Crippen LogP contribution in [0.3, 0.4) is 0 Å². The minimum atomic E-state index is -0.757. The summed E-state index contributed by atoms with van der Waals surface area (Å²) in [6.07, 6.45) is 0. The van der Waals surface area contributed by atoms with Crippen molar-refractivity contribution >= 4 is 5.97 Å². The minimum Gasteiger partial charge on any atom is -0.481 e. The van der Waals surface area contributed by atoms with Crippen molar-refractivity contribution in [3.8, 4) is 0 Å². The van der Waals surface area contributed by atoms with Crippen LogP contribution in [0.2, 0.25) is 0 Å². The van der Waals surface area contributed by atoms with E-state index in [1.165, 1.54) is 0 Å². The van der Waals surface area contributed by atoms with E-state index >= 15 is 0 Å². The average Bonchev–Trinajstić information content (AvgIpc) is 1.64. The van der Waals surface area contributed by atoms with Gasteiger partial charge in [-0.05, 0) is 27.7 Å². The van der Waals surface area contributed by atoms with E-state index in [0.29, 0.717) is 0 Å². The number of rotatable bonds is 0. The first-order chi connectivity index (χ1) is 4.36. The molecule has 0 aromatic heterocycles. The smallest absolute Gasteiger partial charge is 0.308 e. The number of hydrogen-bond acceptors (Lipinski definition) is 2. The van der Waals surface area contributed by atoms with Crippen LogP contribution in [0, 0.1) is 5.41 Å². The number of carboxylic acid groups (broad SMARTS) is 1. The molecule has 0 aromatic carbocycles. The fraction of sp³-hybridized carbons (Fsp3) is 0.857. The SMILES string of the molecule is CC(C)(C)C(=O)O.CCO. The standard InChI is InChI=1S/C5H10O2.C2H6O/c1-5(2,3)4(6)7;1-2-3/h1-3H3,(H,6,7);3H,2H2,1H3. The Morgan fingerprint density at radius 2 is 1.50 bits per heavy atom. The van der Waals surface area contributed by atoms with Crippen LogP contribution >= 0.6 is 0 Å². The largest absolute Gasteiger partial charge is 0.481 e. The summed E-state index contributed by atoms with van der Waals surface area (Å²) >= 11 is 0. The van der Waals surface area contributed by atoms with Crippen molar-refractivity contribution in [2.24, 2.45) is 5.41 Å². The summed E-state index contributed by atoms with van der Waals surface area (Å²) in [6, 6.07) is 0. The van der Waals surface area contributed by atoms with Gasteiger partial charge >= 0.3 is 5.97 Å². The predicted octanol–water partition coefficient (Wildman–Crippen LogP) is 1.12. The second-order valence-electron chi connectivity index (χ2n) is 2.87. The number of carbonyl (C=O) groups is 1. The van der Waals surface area contributed by atoms with E-state index in [1.807, 2.05) is 0 Å². The molecule has 62 valence electrons. The molecule has 0 amide bonds. The van der Waals surface area contributed by atoms with Crippen molar-refractivity contribution < 1.29 is 15.0 Å². The number of carboxylic acids is 1. The molecule has 0 atom stereocenters. The average molecular weight is 148 g/mol. The van der Waals surface area contributed by atoms with Gasteiger partial charge in [-0.2, -0.15) is 0 Å². The molecular weight excluding hydrogens is 132 g/mol. The molecule has 0 aliphatic carbocycles. The molecule has 0 fully saturated rings. The third-order valence-electron chi connectivity index (χ3n) is 0.642. The molecule has 0 unspecified atom stereocenters. The van der Waals surface area contributed by atoms with Gasteiger partial charge in [0, 0.05) is 6.61 Å². The highest BCUT2D eigenvalue weighted by molar-refractivity contribution is 5.72. The van der Waals surface area contributed by atoms with E-state index in [1.54, 1.807) is 27.7 Å². The zero-order valence-electron chi connectivity index (χ0n) is 7.01. The predicted molar refractivity (Wildman–Crippen MR) is 39.9 cm³/mol. The molecule has 0 bridgehead atoms. The molecule has 0 saturated heterocycles. The molecule has 2 N–H and O–H groups in total. The van der Waals surface area contributed by atoms with E-state index < -0.39 is 11.4 Å². The van der Waals surface area contributed by atoms with Gasteiger partial charge in [0.1, 0.15) is 0 Å². The molecular formula is C7H16O3. The first-order valence-corrected chi connectivity index (χ1v) is 3.20. The second kappa shape index (κ2) is 5.23. The number of aliphatic carboxylic acids is 1. The monoisotopic (exact) mass is 148 g/mol. The fourth-order valence-electron chi connectivity index (χ4n) is 0. The topological polar surface area (TPSA) is 57.5 Å². The molecule has 0 rings (SSSR count). The highest BCUT2D eigenvalue weighted by Gasteiger charge is 2.18. The van der Waals surface area contributed by atoms with Crippen LogP contribution in [0.5, 0.6) is 0 Å². The Morgan fingerprint density at radius 3 is 1.50 bits per heavy atom. The van der Waals surface area contributed by atoms with E-state index in [2.05, 4.69) is 0 Å². The van der Waals surface area contributed by atoms with Crippen LogP contribution in [0.1, 0.15) is 27.7 Å². The maximum absolute atomic E-state index is 10.0. The van der Waals surface area contributed by atoms with Crippen LogP contribution in [-0.2, 0) is 4.79 Å². The first kappa shape index (κ1) is 12.1. The Morgan fingerprint density at radius 1 is 1.40 bits per heavy atom. The lowest BCUT2D eigenvalue weighted by molar-refractivity contribution is -0.145. The third-order valence-corrected chi connectivity index (χ3v) is 0.642. The Balaban J connectivity index is 0. The van der Waals surface area contributed by atoms with Crippen LogP contribution in [0.4, 0.5) is 0 Å². The van der Waals surface area contributed by atoms with Crippen molar-refractivity contribution in [3.05, 3.63) is 0 Å². The van der Waals surface area contributed by atoms with Crippen LogP contribution in [-0.4, -0.2) is 22.8 Å². The quantitative estimate of drug-likeness (QED) is 0.541. The van der Waals surface area contributed by atoms with Gasteiger partial charge in [0.15, 0.2) is 0 Å². The van der Waals surface area contributed by atoms with Gasteiger partial charge in [-0.3, -0.25) is 4.79 Å². The molecule has 0 spiro atoms. The molecule has 0 aliphatic heterocycles. The van der Waals surface area contributed by atoms with Crippen molar-refractivity contribution in [2.75, 3.05) is 6.61 Å². The van der Waals surface area contributed by atoms with Crippen LogP contribution in [0.15, 0.2) is 0 Å². The number of hydrogen-bond donors (Lipinski definition) is 2. The molecule has 0 aliphatic rings. The van der Waals surface area contributed by atoms with Gasteiger partial charge in [-0.15, -0.1) is 0 Å². The van der Waals surface area contributed by atoms with Gasteiger partial charge < -0.3 is 10.2 Å². The Labute approximate surface area is 61.7 Å². The van der Waals surface area contributed by atoms with Crippen molar-refractivity contribution in [2.45, 2.75) is 27.7 Å². The summed E-state index contributed by atoms with van der Waals surface area (Å²) in [5, 5.41) is 15.8. The Bertz CT molecular complexity index is 91.5. The van der Waals surface area contributed by atoms with Gasteiger partial charge in [0.2, 0.25) is 0 Å². The molecule has 0 radical (unpaired) electrons. The summed E-state index contributed by atoms with van der Waals surface area (Å²) in [5.74, 6) is -0.757. The Kier molecular flexibility index (Phi) is 6.35. The van der Waals surface area contributed by atoms with Crippen molar-refractivity contribution in [3.63, 3.8) is 0 Å². The van der Waals surface area contributed by atoms with Crippen molar-refractivity contribution in [1.82, 2.24) is 0 Å². The van der Waals surface area contributed by atoms with Crippen LogP contribution < -0.4 is 0 Å². The second-order valence-corrected chi connectivity index (χ2v) is 2.87. The summed E-state index contributed by atoms with van der Waals surface area (Å²) in [5.41, 5.74) is -0.583. The molecule has 0 saturated carbocycles. The number of aliphatic hydroxyl groups is 1. The van der Waals surface area contributed by atoms with E-state index in [4.69, 9.17) is 10.2 Å². The van der Waals surface area contributed by atoms with Gasteiger partial charge in [-0.1, -0.05) is 0 Å². The van der Waals surface area contributed by atoms with Gasteiger partial charge in [0.25, 0.3) is 0 Å². The zero-order valence-corrected chi connectivity index (χ0v) is 7.01. The molecule has 3 nitrogen and oxygen atoms in total. The molecule has 0 heterocycles. The molecule has 3 heteroatoms. The number of aliphatic hydroxyl groups excluding tert-OH is 1. The normalized spacial score (nSPS) is 9.70. The Hall–Kier alpha value is -0.570. The van der Waals surface area contributed by atoms with Gasteiger partial charge in [-0.25, -0.2) is 0 Å². The van der Waals surface area contributed by atoms with E-state index in [0.717, 1.165) is 0 Å². The summed E-state index contributed by atoms with van der Waals surface area (Å²) in [6.45, 7) is 6.92. The zero-order chi connectivity index (χ0) is 8.78. The summed E-state index contributed by atoms with van der Waals surface area (Å²) < 4.78 is 0. The van der Waals surface area contributed by atoms with Gasteiger partial charge in [0.05, 0.1) is 5.41 Å². The molecule has 0 aromatic rings. The highest BCUT2D eigenvalue weighted by Crippen LogP contribution is 2.11.